The Morgan fingerprint density at radius 3 is 2.58 bits per heavy atom. The number of carbonyl (C=O) groups excluding carboxylic acids is 1. The van der Waals surface area contributed by atoms with E-state index in [-0.39, 0.29) is 24.4 Å². The van der Waals surface area contributed by atoms with Crippen molar-refractivity contribution >= 4 is 18.3 Å². The Hall–Kier alpha value is -1.14. The molecule has 0 spiro atoms. The molecule has 0 radical (unpaired) electrons. The average Bonchev–Trinajstić information content (AvgIpc) is 2.63. The average molecular weight is 355 g/mol. The normalized spacial score (nSPS) is 21.8. The number of rotatable bonds is 5. The molecule has 2 fully saturated rings. The summed E-state index contributed by atoms with van der Waals surface area (Å²) in [7, 11) is 0. The van der Waals surface area contributed by atoms with Crippen LogP contribution in [0.2, 0.25) is 0 Å². The number of carbonyl (C=O) groups is 1. The summed E-state index contributed by atoms with van der Waals surface area (Å²) < 4.78 is 11.1. The van der Waals surface area contributed by atoms with Crippen molar-refractivity contribution in [2.45, 2.75) is 25.5 Å². The second kappa shape index (κ2) is 9.99. The van der Waals surface area contributed by atoms with Gasteiger partial charge in [0.05, 0.1) is 6.61 Å². The zero-order chi connectivity index (χ0) is 15.9. The Bertz CT molecular complexity index is 488. The molecular formula is C18H27ClN2O3. The topological polar surface area (TPSA) is 50.8 Å². The SMILES string of the molecule is Cl.O=C(C1CNCCO1)N(Cc1ccccc1)CC1CCOCC1. The summed E-state index contributed by atoms with van der Waals surface area (Å²) in [5.41, 5.74) is 1.16. The van der Waals surface area contributed by atoms with Gasteiger partial charge in [0, 0.05) is 39.4 Å². The van der Waals surface area contributed by atoms with Crippen LogP contribution in [0.3, 0.4) is 0 Å². The molecule has 0 aromatic heterocycles. The van der Waals surface area contributed by atoms with Gasteiger partial charge in [-0.2, -0.15) is 0 Å². The van der Waals surface area contributed by atoms with Crippen molar-refractivity contribution in [1.29, 1.82) is 0 Å². The van der Waals surface area contributed by atoms with E-state index in [9.17, 15) is 4.79 Å². The third-order valence-electron chi connectivity index (χ3n) is 4.55. The van der Waals surface area contributed by atoms with Gasteiger partial charge in [-0.25, -0.2) is 0 Å². The van der Waals surface area contributed by atoms with E-state index in [1.807, 2.05) is 23.1 Å². The lowest BCUT2D eigenvalue weighted by Crippen LogP contribution is -2.50. The van der Waals surface area contributed by atoms with E-state index in [0.29, 0.717) is 25.6 Å². The highest BCUT2D eigenvalue weighted by Gasteiger charge is 2.29. The molecule has 2 heterocycles. The van der Waals surface area contributed by atoms with Crippen LogP contribution < -0.4 is 5.32 Å². The van der Waals surface area contributed by atoms with Gasteiger partial charge in [-0.3, -0.25) is 4.79 Å². The van der Waals surface area contributed by atoms with Crippen LogP contribution in [0.4, 0.5) is 0 Å². The predicted octanol–water partition coefficient (Wildman–Crippen LogP) is 1.85. The van der Waals surface area contributed by atoms with Crippen LogP contribution in [0.15, 0.2) is 30.3 Å². The van der Waals surface area contributed by atoms with Crippen molar-refractivity contribution in [1.82, 2.24) is 10.2 Å². The molecule has 1 unspecified atom stereocenters. The van der Waals surface area contributed by atoms with E-state index in [1.54, 1.807) is 0 Å². The first kappa shape index (κ1) is 19.2. The number of benzene rings is 1. The molecule has 1 aromatic carbocycles. The highest BCUT2D eigenvalue weighted by molar-refractivity contribution is 5.85. The van der Waals surface area contributed by atoms with Gasteiger partial charge in [-0.15, -0.1) is 12.4 Å². The Balaban J connectivity index is 0.00000208. The number of hydrogen-bond acceptors (Lipinski definition) is 4. The molecule has 5 nitrogen and oxygen atoms in total. The van der Waals surface area contributed by atoms with E-state index < -0.39 is 0 Å². The standard InChI is InChI=1S/C18H26N2O3.ClH/c21-18(17-12-19-8-11-23-17)20(13-15-4-2-1-3-5-15)14-16-6-9-22-10-7-16;/h1-5,16-17,19H,6-14H2;1H. The van der Waals surface area contributed by atoms with Gasteiger partial charge in [0.15, 0.2) is 0 Å². The summed E-state index contributed by atoms with van der Waals surface area (Å²) in [6.45, 7) is 5.08. The van der Waals surface area contributed by atoms with Crippen LogP contribution in [0.5, 0.6) is 0 Å². The van der Waals surface area contributed by atoms with Crippen molar-refractivity contribution in [3.63, 3.8) is 0 Å². The van der Waals surface area contributed by atoms with Gasteiger partial charge in [-0.05, 0) is 24.3 Å². The van der Waals surface area contributed by atoms with Crippen LogP contribution in [0.25, 0.3) is 0 Å². The molecule has 1 N–H and O–H groups in total. The van der Waals surface area contributed by atoms with Gasteiger partial charge in [0.25, 0.3) is 5.91 Å². The molecule has 1 amide bonds. The number of nitrogens with one attached hydrogen (secondary N) is 1. The molecule has 2 aliphatic heterocycles. The van der Waals surface area contributed by atoms with Crippen LogP contribution in [-0.2, 0) is 20.8 Å². The first-order valence-electron chi connectivity index (χ1n) is 8.55. The monoisotopic (exact) mass is 354 g/mol. The Labute approximate surface area is 150 Å². The number of halogens is 1. The highest BCUT2D eigenvalue weighted by atomic mass is 35.5. The maximum Gasteiger partial charge on any atom is 0.253 e. The van der Waals surface area contributed by atoms with E-state index in [0.717, 1.165) is 44.7 Å². The van der Waals surface area contributed by atoms with Gasteiger partial charge in [0.1, 0.15) is 6.10 Å². The van der Waals surface area contributed by atoms with Crippen molar-refractivity contribution < 1.29 is 14.3 Å². The summed E-state index contributed by atoms with van der Waals surface area (Å²) in [6, 6.07) is 10.2. The lowest BCUT2D eigenvalue weighted by atomic mass is 9.99. The second-order valence-electron chi connectivity index (χ2n) is 6.32. The van der Waals surface area contributed by atoms with Crippen molar-refractivity contribution in [3.05, 3.63) is 35.9 Å². The molecule has 0 bridgehead atoms. The highest BCUT2D eigenvalue weighted by Crippen LogP contribution is 2.19. The molecule has 6 heteroatoms. The molecule has 1 atom stereocenters. The Kier molecular flexibility index (Phi) is 7.99. The van der Waals surface area contributed by atoms with Gasteiger partial charge in [-0.1, -0.05) is 30.3 Å². The van der Waals surface area contributed by atoms with Crippen LogP contribution in [0.1, 0.15) is 18.4 Å². The lowest BCUT2D eigenvalue weighted by molar-refractivity contribution is -0.147. The fourth-order valence-corrected chi connectivity index (χ4v) is 3.20. The molecule has 3 rings (SSSR count). The quantitative estimate of drug-likeness (QED) is 0.876. The third-order valence-corrected chi connectivity index (χ3v) is 4.55. The summed E-state index contributed by atoms with van der Waals surface area (Å²) in [6.07, 6.45) is 1.71. The maximum atomic E-state index is 12.9. The number of nitrogens with zero attached hydrogens (tertiary/aromatic N) is 1. The maximum absolute atomic E-state index is 12.9. The zero-order valence-electron chi connectivity index (χ0n) is 14.0. The Morgan fingerprint density at radius 2 is 1.92 bits per heavy atom. The molecular weight excluding hydrogens is 328 g/mol. The predicted molar refractivity (Wildman–Crippen MR) is 95.3 cm³/mol. The van der Waals surface area contributed by atoms with E-state index >= 15 is 0 Å². The number of ether oxygens (including phenoxy) is 2. The van der Waals surface area contributed by atoms with E-state index in [2.05, 4.69) is 17.4 Å². The largest absolute Gasteiger partial charge is 0.381 e. The smallest absolute Gasteiger partial charge is 0.253 e. The summed E-state index contributed by atoms with van der Waals surface area (Å²) in [5, 5.41) is 3.25. The lowest BCUT2D eigenvalue weighted by Gasteiger charge is -2.33. The number of morpholine rings is 1. The number of hydrogen-bond donors (Lipinski definition) is 1. The molecule has 2 aliphatic rings. The summed E-state index contributed by atoms with van der Waals surface area (Å²) in [4.78, 5) is 14.9. The first-order valence-corrected chi connectivity index (χ1v) is 8.55. The third kappa shape index (κ3) is 5.45. The van der Waals surface area contributed by atoms with Crippen molar-refractivity contribution in [3.8, 4) is 0 Å². The van der Waals surface area contributed by atoms with Gasteiger partial charge in [0.2, 0.25) is 0 Å². The fraction of sp³-hybridized carbons (Fsp3) is 0.611. The molecule has 0 saturated carbocycles. The molecule has 0 aliphatic carbocycles. The van der Waals surface area contributed by atoms with Crippen molar-refractivity contribution in [2.75, 3.05) is 39.5 Å². The zero-order valence-corrected chi connectivity index (χ0v) is 14.8. The number of amides is 1. The van der Waals surface area contributed by atoms with E-state index in [4.69, 9.17) is 9.47 Å². The van der Waals surface area contributed by atoms with Gasteiger partial charge >= 0.3 is 0 Å². The summed E-state index contributed by atoms with van der Waals surface area (Å²) in [5.74, 6) is 0.625. The van der Waals surface area contributed by atoms with Crippen LogP contribution in [0, 0.1) is 5.92 Å². The Morgan fingerprint density at radius 1 is 1.17 bits per heavy atom. The van der Waals surface area contributed by atoms with Gasteiger partial charge < -0.3 is 19.7 Å². The van der Waals surface area contributed by atoms with E-state index in [1.165, 1.54) is 0 Å². The van der Waals surface area contributed by atoms with Crippen molar-refractivity contribution in [2.24, 2.45) is 5.92 Å². The first-order chi connectivity index (χ1) is 11.3. The van der Waals surface area contributed by atoms with Crippen LogP contribution in [-0.4, -0.2) is 56.4 Å². The molecule has 134 valence electrons. The minimum absolute atomic E-state index is 0. The molecule has 24 heavy (non-hydrogen) atoms. The molecule has 2 saturated heterocycles. The molecule has 1 aromatic rings. The van der Waals surface area contributed by atoms with Crippen LogP contribution >= 0.6 is 12.4 Å². The minimum atomic E-state index is -0.354. The fourth-order valence-electron chi connectivity index (χ4n) is 3.20. The summed E-state index contributed by atoms with van der Waals surface area (Å²) >= 11 is 0. The second-order valence-corrected chi connectivity index (χ2v) is 6.32. The minimum Gasteiger partial charge on any atom is -0.381 e.